The molecule has 0 aliphatic heterocycles. The van der Waals surface area contributed by atoms with Crippen LogP contribution in [0.2, 0.25) is 0 Å². The molecule has 0 amide bonds. The van der Waals surface area contributed by atoms with Crippen molar-refractivity contribution < 1.29 is 8.42 Å². The third-order valence-electron chi connectivity index (χ3n) is 4.02. The monoisotopic (exact) mass is 476 g/mol. The second-order valence-electron chi connectivity index (χ2n) is 5.90. The molecule has 0 aromatic heterocycles. The van der Waals surface area contributed by atoms with E-state index in [2.05, 4.69) is 29.5 Å². The highest BCUT2D eigenvalue weighted by atomic mass is 127. The predicted octanol–water partition coefficient (Wildman–Crippen LogP) is 2.66. The summed E-state index contributed by atoms with van der Waals surface area (Å²) in [5, 5.41) is 6.62. The van der Waals surface area contributed by atoms with Crippen molar-refractivity contribution in [1.82, 2.24) is 14.9 Å². The van der Waals surface area contributed by atoms with Crippen LogP contribution in [-0.4, -0.2) is 58.2 Å². The molecule has 146 valence electrons. The lowest BCUT2D eigenvalue weighted by molar-refractivity contribution is 0.422. The summed E-state index contributed by atoms with van der Waals surface area (Å²) in [4.78, 5) is 4.22. The highest BCUT2D eigenvalue weighted by Crippen LogP contribution is 2.10. The van der Waals surface area contributed by atoms with Crippen LogP contribution in [0.1, 0.15) is 52.9 Å². The molecule has 6 nitrogen and oxygen atoms in total. The van der Waals surface area contributed by atoms with Crippen LogP contribution < -0.4 is 10.6 Å². The van der Waals surface area contributed by atoms with Gasteiger partial charge in [-0.15, -0.1) is 24.0 Å². The summed E-state index contributed by atoms with van der Waals surface area (Å²) >= 11 is 0. The van der Waals surface area contributed by atoms with E-state index in [0.717, 1.165) is 18.9 Å². The third kappa shape index (κ3) is 12.3. The van der Waals surface area contributed by atoms with Gasteiger partial charge in [-0.05, 0) is 18.8 Å². The second-order valence-corrected chi connectivity index (χ2v) is 7.89. The van der Waals surface area contributed by atoms with Crippen LogP contribution in [0.25, 0.3) is 0 Å². The Morgan fingerprint density at radius 1 is 1.17 bits per heavy atom. The van der Waals surface area contributed by atoms with Crippen molar-refractivity contribution in [1.29, 1.82) is 0 Å². The molecule has 0 spiro atoms. The molecule has 0 saturated carbocycles. The average molecular weight is 476 g/mol. The van der Waals surface area contributed by atoms with Gasteiger partial charge in [0.2, 0.25) is 10.0 Å². The molecule has 0 rings (SSSR count). The SMILES string of the molecule is CCCCC(CC)CNC(=NC)NCCCN(CC)S(C)(=O)=O.I. The van der Waals surface area contributed by atoms with Crippen molar-refractivity contribution in [3.05, 3.63) is 0 Å². The van der Waals surface area contributed by atoms with Gasteiger partial charge in [0.05, 0.1) is 6.26 Å². The van der Waals surface area contributed by atoms with Crippen LogP contribution in [0, 0.1) is 5.92 Å². The lowest BCUT2D eigenvalue weighted by Crippen LogP contribution is -2.41. The topological polar surface area (TPSA) is 73.8 Å². The van der Waals surface area contributed by atoms with Crippen molar-refractivity contribution in [3.63, 3.8) is 0 Å². The largest absolute Gasteiger partial charge is 0.356 e. The maximum atomic E-state index is 11.5. The van der Waals surface area contributed by atoms with Crippen LogP contribution in [0.3, 0.4) is 0 Å². The minimum absolute atomic E-state index is 0. The Hall–Kier alpha value is -0.0900. The molecule has 0 heterocycles. The first-order valence-electron chi connectivity index (χ1n) is 8.78. The Morgan fingerprint density at radius 2 is 1.83 bits per heavy atom. The van der Waals surface area contributed by atoms with Gasteiger partial charge < -0.3 is 10.6 Å². The fourth-order valence-corrected chi connectivity index (χ4v) is 3.36. The van der Waals surface area contributed by atoms with Gasteiger partial charge in [-0.2, -0.15) is 0 Å². The second kappa shape index (κ2) is 15.2. The highest BCUT2D eigenvalue weighted by molar-refractivity contribution is 14.0. The van der Waals surface area contributed by atoms with E-state index in [9.17, 15) is 8.42 Å². The highest BCUT2D eigenvalue weighted by Gasteiger charge is 2.13. The Labute approximate surface area is 166 Å². The number of guanidine groups is 1. The normalized spacial score (nSPS) is 13.5. The molecule has 0 aromatic rings. The zero-order valence-corrected chi connectivity index (χ0v) is 19.1. The molecule has 0 bridgehead atoms. The fourth-order valence-electron chi connectivity index (χ4n) is 2.43. The molecular weight excluding hydrogens is 439 g/mol. The van der Waals surface area contributed by atoms with E-state index in [-0.39, 0.29) is 24.0 Å². The van der Waals surface area contributed by atoms with Crippen LogP contribution in [-0.2, 0) is 10.0 Å². The summed E-state index contributed by atoms with van der Waals surface area (Å²) < 4.78 is 24.5. The zero-order valence-electron chi connectivity index (χ0n) is 16.0. The van der Waals surface area contributed by atoms with Gasteiger partial charge in [0.25, 0.3) is 0 Å². The summed E-state index contributed by atoms with van der Waals surface area (Å²) in [6, 6.07) is 0. The summed E-state index contributed by atoms with van der Waals surface area (Å²) in [6.07, 6.45) is 6.93. The molecule has 0 aromatic carbocycles. The minimum Gasteiger partial charge on any atom is -0.356 e. The number of aliphatic imine (C=N–C) groups is 1. The molecule has 0 saturated heterocycles. The molecule has 0 aliphatic rings. The molecule has 8 heteroatoms. The van der Waals surface area contributed by atoms with E-state index in [1.807, 2.05) is 6.92 Å². The number of nitrogens with one attached hydrogen (secondary N) is 2. The molecule has 1 atom stereocenters. The Balaban J connectivity index is 0. The Kier molecular flexibility index (Phi) is 16.5. The molecule has 0 aliphatic carbocycles. The van der Waals surface area contributed by atoms with Crippen molar-refractivity contribution in [2.45, 2.75) is 52.9 Å². The summed E-state index contributed by atoms with van der Waals surface area (Å²) in [7, 11) is -1.33. The summed E-state index contributed by atoms with van der Waals surface area (Å²) in [5.41, 5.74) is 0. The Morgan fingerprint density at radius 3 is 2.29 bits per heavy atom. The third-order valence-corrected chi connectivity index (χ3v) is 5.40. The number of rotatable bonds is 12. The number of sulfonamides is 1. The smallest absolute Gasteiger partial charge is 0.211 e. The average Bonchev–Trinajstić information content (AvgIpc) is 2.51. The first-order chi connectivity index (χ1) is 10.9. The quantitative estimate of drug-likeness (QED) is 0.197. The number of unbranched alkanes of at least 4 members (excludes halogenated alkanes) is 1. The summed E-state index contributed by atoms with van der Waals surface area (Å²) in [6.45, 7) is 8.99. The number of hydrogen-bond donors (Lipinski definition) is 2. The molecule has 0 radical (unpaired) electrons. The lowest BCUT2D eigenvalue weighted by atomic mass is 9.99. The maximum Gasteiger partial charge on any atom is 0.211 e. The van der Waals surface area contributed by atoms with Gasteiger partial charge in [0, 0.05) is 33.2 Å². The standard InChI is InChI=1S/C16H36N4O2S.HI/c1-6-9-11-15(7-2)14-19-16(17-4)18-12-10-13-20(8-3)23(5,21)22;/h15H,6-14H2,1-5H3,(H2,17,18,19);1H. The van der Waals surface area contributed by atoms with Gasteiger partial charge >= 0.3 is 0 Å². The van der Waals surface area contributed by atoms with E-state index >= 15 is 0 Å². The van der Waals surface area contributed by atoms with Crippen molar-refractivity contribution in [3.8, 4) is 0 Å². The van der Waals surface area contributed by atoms with Gasteiger partial charge in [0.1, 0.15) is 0 Å². The number of hydrogen-bond acceptors (Lipinski definition) is 3. The predicted molar refractivity (Wildman–Crippen MR) is 115 cm³/mol. The van der Waals surface area contributed by atoms with E-state index in [4.69, 9.17) is 0 Å². The zero-order chi connectivity index (χ0) is 17.7. The Bertz CT molecular complexity index is 430. The van der Waals surface area contributed by atoms with Gasteiger partial charge in [-0.1, -0.05) is 40.0 Å². The first-order valence-corrected chi connectivity index (χ1v) is 10.6. The summed E-state index contributed by atoms with van der Waals surface area (Å²) in [5.74, 6) is 1.47. The van der Waals surface area contributed by atoms with Crippen molar-refractivity contribution in [2.75, 3.05) is 39.5 Å². The van der Waals surface area contributed by atoms with Gasteiger partial charge in [-0.25, -0.2) is 12.7 Å². The van der Waals surface area contributed by atoms with E-state index < -0.39 is 10.0 Å². The van der Waals surface area contributed by atoms with Crippen molar-refractivity contribution in [2.24, 2.45) is 10.9 Å². The first kappa shape index (κ1) is 26.1. The minimum atomic E-state index is -3.10. The molecule has 0 fully saturated rings. The molecule has 1 unspecified atom stereocenters. The fraction of sp³-hybridized carbons (Fsp3) is 0.938. The number of halogens is 1. The lowest BCUT2D eigenvalue weighted by Gasteiger charge is -2.19. The van der Waals surface area contributed by atoms with Crippen LogP contribution >= 0.6 is 24.0 Å². The maximum absolute atomic E-state index is 11.5. The molecule has 24 heavy (non-hydrogen) atoms. The van der Waals surface area contributed by atoms with Crippen LogP contribution in [0.5, 0.6) is 0 Å². The molecule has 2 N–H and O–H groups in total. The number of nitrogens with zero attached hydrogens (tertiary/aromatic N) is 2. The van der Waals surface area contributed by atoms with Crippen LogP contribution in [0.15, 0.2) is 4.99 Å². The van der Waals surface area contributed by atoms with Gasteiger partial charge in [-0.3, -0.25) is 4.99 Å². The van der Waals surface area contributed by atoms with Crippen LogP contribution in [0.4, 0.5) is 0 Å². The van der Waals surface area contributed by atoms with E-state index in [0.29, 0.717) is 25.6 Å². The van der Waals surface area contributed by atoms with Gasteiger partial charge in [0.15, 0.2) is 5.96 Å². The van der Waals surface area contributed by atoms with E-state index in [1.54, 1.807) is 7.05 Å². The molecular formula is C16H37IN4O2S. The van der Waals surface area contributed by atoms with Crippen molar-refractivity contribution >= 4 is 40.0 Å². The van der Waals surface area contributed by atoms with E-state index in [1.165, 1.54) is 36.2 Å².